The first-order valence-corrected chi connectivity index (χ1v) is 14.0. The molecule has 4 aromatic rings. The van der Waals surface area contributed by atoms with Crippen LogP contribution in [-0.4, -0.2) is 50.8 Å². The number of hydrogen-bond acceptors (Lipinski definition) is 7. The number of thioether (sulfide) groups is 1. The summed E-state index contributed by atoms with van der Waals surface area (Å²) in [6.07, 6.45) is 4.65. The predicted molar refractivity (Wildman–Crippen MR) is 153 cm³/mol. The fourth-order valence-corrected chi connectivity index (χ4v) is 5.83. The second kappa shape index (κ2) is 10.9. The quantitative estimate of drug-likeness (QED) is 0.360. The van der Waals surface area contributed by atoms with Crippen molar-refractivity contribution in [3.8, 4) is 22.5 Å². The largest absolute Gasteiger partial charge is 0.380 e. The summed E-state index contributed by atoms with van der Waals surface area (Å²) in [5, 5.41) is 6.28. The molecule has 1 saturated heterocycles. The average Bonchev–Trinajstić information content (AvgIpc) is 3.66. The molecule has 0 unspecified atom stereocenters. The molecule has 0 bridgehead atoms. The monoisotopic (exact) mass is 522 g/mol. The van der Waals surface area contributed by atoms with Gasteiger partial charge in [0.25, 0.3) is 5.91 Å². The van der Waals surface area contributed by atoms with E-state index < -0.39 is 0 Å². The van der Waals surface area contributed by atoms with Crippen molar-refractivity contribution in [3.63, 3.8) is 0 Å². The summed E-state index contributed by atoms with van der Waals surface area (Å²) >= 11 is 1.55. The molecule has 0 saturated carbocycles. The third-order valence-electron chi connectivity index (χ3n) is 7.26. The first-order chi connectivity index (χ1) is 18.6. The lowest BCUT2D eigenvalue weighted by Gasteiger charge is -2.22. The molecular formula is C30H30N6OS. The molecule has 0 spiro atoms. The molecule has 0 radical (unpaired) electrons. The zero-order valence-electron chi connectivity index (χ0n) is 21.3. The summed E-state index contributed by atoms with van der Waals surface area (Å²) in [6, 6.07) is 22.8. The van der Waals surface area contributed by atoms with Gasteiger partial charge in [0, 0.05) is 42.7 Å². The van der Waals surface area contributed by atoms with E-state index in [0.717, 1.165) is 64.9 Å². The maximum absolute atomic E-state index is 12.5. The molecule has 2 aliphatic rings. The highest BCUT2D eigenvalue weighted by atomic mass is 32.2. The van der Waals surface area contributed by atoms with Gasteiger partial charge in [-0.25, -0.2) is 15.0 Å². The Kier molecular flexibility index (Phi) is 7.07. The lowest BCUT2D eigenvalue weighted by atomic mass is 10.0. The zero-order valence-corrected chi connectivity index (χ0v) is 22.1. The summed E-state index contributed by atoms with van der Waals surface area (Å²) in [4.78, 5) is 30.0. The van der Waals surface area contributed by atoms with E-state index in [1.807, 2.05) is 30.3 Å². The Labute approximate surface area is 226 Å². The maximum atomic E-state index is 12.5. The van der Waals surface area contributed by atoms with Gasteiger partial charge >= 0.3 is 0 Å². The van der Waals surface area contributed by atoms with Gasteiger partial charge in [-0.2, -0.15) is 0 Å². The van der Waals surface area contributed by atoms with Crippen LogP contribution < -0.4 is 10.6 Å². The SMILES string of the molecule is C[C@@H](NC(=O)C1=CNCS1)[C@@H]1CCN(Cc2ccc(-c3nc4cccnc4nc3-c3ccccc3)cc2)C1. The summed E-state index contributed by atoms with van der Waals surface area (Å²) in [5.74, 6) is 1.25. The average molecular weight is 523 g/mol. The number of nitrogens with one attached hydrogen (secondary N) is 2. The molecule has 7 nitrogen and oxygen atoms in total. The van der Waals surface area contributed by atoms with Crippen LogP contribution in [0.15, 0.2) is 84.0 Å². The number of fused-ring (bicyclic) bond motifs is 1. The second-order valence-electron chi connectivity index (χ2n) is 9.88. The molecule has 4 heterocycles. The first kappa shape index (κ1) is 24.6. The van der Waals surface area contributed by atoms with Gasteiger partial charge in [-0.3, -0.25) is 9.69 Å². The van der Waals surface area contributed by atoms with E-state index in [-0.39, 0.29) is 11.9 Å². The molecule has 8 heteroatoms. The number of pyridine rings is 1. The number of carbonyl (C=O) groups is 1. The van der Waals surface area contributed by atoms with Crippen LogP contribution in [0.4, 0.5) is 0 Å². The second-order valence-corrected chi connectivity index (χ2v) is 10.9. The Morgan fingerprint density at radius 2 is 1.84 bits per heavy atom. The van der Waals surface area contributed by atoms with Gasteiger partial charge in [-0.15, -0.1) is 0 Å². The Bertz CT molecular complexity index is 1470. The standard InChI is InChI=1S/C30H30N6OS/c1-20(33-30(37)26-16-31-19-38-26)24-13-15-36(18-24)17-21-9-11-23(12-10-21)27-28(22-6-3-2-4-7-22)35-29-25(34-27)8-5-14-32-29/h2-12,14,16,20,24,31H,13,15,17-19H2,1H3,(H,33,37)/t20-,24-/m1/s1. The minimum absolute atomic E-state index is 0.0315. The number of hydrogen-bond donors (Lipinski definition) is 2. The molecule has 2 aromatic heterocycles. The fraction of sp³-hybridized carbons (Fsp3) is 0.267. The Morgan fingerprint density at radius 1 is 1.05 bits per heavy atom. The van der Waals surface area contributed by atoms with E-state index in [9.17, 15) is 4.79 Å². The van der Waals surface area contributed by atoms with Crippen molar-refractivity contribution in [2.45, 2.75) is 25.9 Å². The molecule has 2 atom stereocenters. The molecular weight excluding hydrogens is 492 g/mol. The molecule has 2 aromatic carbocycles. The van der Waals surface area contributed by atoms with Gasteiger partial charge < -0.3 is 10.6 Å². The molecule has 1 amide bonds. The highest BCUT2D eigenvalue weighted by Crippen LogP contribution is 2.31. The highest BCUT2D eigenvalue weighted by molar-refractivity contribution is 8.04. The Hall–Kier alpha value is -3.75. The number of amides is 1. The molecule has 38 heavy (non-hydrogen) atoms. The molecule has 6 rings (SSSR count). The van der Waals surface area contributed by atoms with Crippen molar-refractivity contribution >= 4 is 28.8 Å². The first-order valence-electron chi connectivity index (χ1n) is 13.0. The Balaban J connectivity index is 1.15. The lowest BCUT2D eigenvalue weighted by molar-refractivity contribution is -0.117. The van der Waals surface area contributed by atoms with Crippen molar-refractivity contribution in [1.29, 1.82) is 0 Å². The summed E-state index contributed by atoms with van der Waals surface area (Å²) in [7, 11) is 0. The van der Waals surface area contributed by atoms with E-state index in [0.29, 0.717) is 11.6 Å². The third kappa shape index (κ3) is 5.28. The summed E-state index contributed by atoms with van der Waals surface area (Å²) < 4.78 is 0. The van der Waals surface area contributed by atoms with Crippen LogP contribution in [0.5, 0.6) is 0 Å². The van der Waals surface area contributed by atoms with Gasteiger partial charge in [0.15, 0.2) is 5.65 Å². The van der Waals surface area contributed by atoms with Crippen molar-refractivity contribution in [1.82, 2.24) is 30.5 Å². The maximum Gasteiger partial charge on any atom is 0.259 e. The van der Waals surface area contributed by atoms with Crippen molar-refractivity contribution < 1.29 is 4.79 Å². The van der Waals surface area contributed by atoms with Crippen molar-refractivity contribution in [2.24, 2.45) is 5.92 Å². The number of benzene rings is 2. The fourth-order valence-electron chi connectivity index (χ4n) is 5.16. The zero-order chi connectivity index (χ0) is 25.9. The lowest BCUT2D eigenvalue weighted by Crippen LogP contribution is -2.39. The van der Waals surface area contributed by atoms with Crippen LogP contribution in [0.1, 0.15) is 18.9 Å². The third-order valence-corrected chi connectivity index (χ3v) is 8.19. The van der Waals surface area contributed by atoms with Gasteiger partial charge in [-0.05, 0) is 43.5 Å². The Morgan fingerprint density at radius 3 is 2.63 bits per heavy atom. The van der Waals surface area contributed by atoms with E-state index >= 15 is 0 Å². The minimum atomic E-state index is 0.0315. The number of carbonyl (C=O) groups excluding carboxylic acids is 1. The molecule has 1 fully saturated rings. The van der Waals surface area contributed by atoms with Crippen LogP contribution in [0.25, 0.3) is 33.7 Å². The van der Waals surface area contributed by atoms with Gasteiger partial charge in [-0.1, -0.05) is 66.4 Å². The number of rotatable bonds is 7. The normalized spacial score (nSPS) is 18.2. The number of aromatic nitrogens is 3. The van der Waals surface area contributed by atoms with E-state index in [4.69, 9.17) is 9.97 Å². The van der Waals surface area contributed by atoms with E-state index in [1.165, 1.54) is 5.56 Å². The smallest absolute Gasteiger partial charge is 0.259 e. The van der Waals surface area contributed by atoms with Crippen LogP contribution >= 0.6 is 11.8 Å². The van der Waals surface area contributed by atoms with Crippen molar-refractivity contribution in [2.75, 3.05) is 19.0 Å². The van der Waals surface area contributed by atoms with Crippen LogP contribution in [0, 0.1) is 5.92 Å². The molecule has 2 aliphatic heterocycles. The highest BCUT2D eigenvalue weighted by Gasteiger charge is 2.29. The van der Waals surface area contributed by atoms with Crippen LogP contribution in [0.2, 0.25) is 0 Å². The number of likely N-dealkylation sites (tertiary alicyclic amines) is 1. The number of nitrogens with zero attached hydrogens (tertiary/aromatic N) is 4. The molecule has 192 valence electrons. The van der Waals surface area contributed by atoms with Gasteiger partial charge in [0.1, 0.15) is 5.52 Å². The minimum Gasteiger partial charge on any atom is -0.380 e. The van der Waals surface area contributed by atoms with Crippen LogP contribution in [-0.2, 0) is 11.3 Å². The van der Waals surface area contributed by atoms with Crippen molar-refractivity contribution in [3.05, 3.63) is 89.6 Å². The van der Waals surface area contributed by atoms with Gasteiger partial charge in [0.2, 0.25) is 0 Å². The topological polar surface area (TPSA) is 83.0 Å². The predicted octanol–water partition coefficient (Wildman–Crippen LogP) is 4.82. The summed E-state index contributed by atoms with van der Waals surface area (Å²) in [6.45, 7) is 5.03. The van der Waals surface area contributed by atoms with Crippen LogP contribution in [0.3, 0.4) is 0 Å². The van der Waals surface area contributed by atoms with E-state index in [1.54, 1.807) is 24.2 Å². The summed E-state index contributed by atoms with van der Waals surface area (Å²) in [5.41, 5.74) is 6.46. The molecule has 2 N–H and O–H groups in total. The van der Waals surface area contributed by atoms with E-state index in [2.05, 4.69) is 63.8 Å². The molecule has 0 aliphatic carbocycles. The van der Waals surface area contributed by atoms with Gasteiger partial charge in [0.05, 0.1) is 22.2 Å².